The lowest BCUT2D eigenvalue weighted by molar-refractivity contribution is -0.143. The summed E-state index contributed by atoms with van der Waals surface area (Å²) < 4.78 is 17.1. The Kier molecular flexibility index (Phi) is 8.84. The molecule has 0 aromatic heterocycles. The van der Waals surface area contributed by atoms with E-state index in [-0.39, 0.29) is 18.3 Å². The van der Waals surface area contributed by atoms with E-state index in [9.17, 15) is 9.59 Å². The van der Waals surface area contributed by atoms with Crippen LogP contribution in [0.5, 0.6) is 0 Å². The second-order valence-electron chi connectivity index (χ2n) is 9.26. The molecule has 35 heavy (non-hydrogen) atoms. The van der Waals surface area contributed by atoms with Crippen LogP contribution in [0.4, 0.5) is 4.79 Å². The SMILES string of the molecule is COC(=O)[C@H](CO[Si](c1ccccc1)(c1ccccc1)C(C)(C)C)NC(=O)OCc1ccccc1. The van der Waals surface area contributed by atoms with Crippen LogP contribution in [0.2, 0.25) is 5.04 Å². The number of esters is 1. The fourth-order valence-corrected chi connectivity index (χ4v) is 8.76. The Morgan fingerprint density at radius 1 is 0.829 bits per heavy atom. The standard InChI is InChI=1S/C28H33NO5Si/c1-28(2,3)35(23-16-10-6-11-17-23,24-18-12-7-13-19-24)34-21-25(26(30)32-4)29-27(31)33-20-22-14-8-5-9-15-22/h5-19,25H,20-21H2,1-4H3,(H,29,31)/t25-/m0/s1. The van der Waals surface area contributed by atoms with E-state index in [1.54, 1.807) is 0 Å². The molecular formula is C28H33NO5Si. The molecule has 0 saturated carbocycles. The van der Waals surface area contributed by atoms with Crippen molar-refractivity contribution in [1.29, 1.82) is 0 Å². The van der Waals surface area contributed by atoms with Crippen LogP contribution >= 0.6 is 0 Å². The van der Waals surface area contributed by atoms with Crippen LogP contribution in [0.3, 0.4) is 0 Å². The molecule has 0 spiro atoms. The number of carbonyl (C=O) groups excluding carboxylic acids is 2. The van der Waals surface area contributed by atoms with E-state index in [0.29, 0.717) is 0 Å². The molecule has 0 radical (unpaired) electrons. The summed E-state index contributed by atoms with van der Waals surface area (Å²) in [6, 6.07) is 28.5. The molecule has 0 bridgehead atoms. The normalized spacial score (nSPS) is 12.5. The van der Waals surface area contributed by atoms with Gasteiger partial charge in [-0.3, -0.25) is 0 Å². The number of benzene rings is 3. The highest BCUT2D eigenvalue weighted by molar-refractivity contribution is 6.99. The van der Waals surface area contributed by atoms with E-state index in [1.165, 1.54) is 7.11 Å². The predicted octanol–water partition coefficient (Wildman–Crippen LogP) is 4.03. The first kappa shape index (κ1) is 26.2. The third-order valence-electron chi connectivity index (χ3n) is 5.87. The monoisotopic (exact) mass is 491 g/mol. The van der Waals surface area contributed by atoms with Crippen molar-refractivity contribution in [3.63, 3.8) is 0 Å². The first-order valence-electron chi connectivity index (χ1n) is 11.6. The number of methoxy groups -OCH3 is 1. The zero-order valence-electron chi connectivity index (χ0n) is 20.7. The Labute approximate surface area is 208 Å². The second kappa shape index (κ2) is 11.8. The van der Waals surface area contributed by atoms with Crippen molar-refractivity contribution in [3.05, 3.63) is 96.6 Å². The van der Waals surface area contributed by atoms with E-state index in [0.717, 1.165) is 15.9 Å². The highest BCUT2D eigenvalue weighted by atomic mass is 28.4. The van der Waals surface area contributed by atoms with Gasteiger partial charge in [-0.1, -0.05) is 112 Å². The summed E-state index contributed by atoms with van der Waals surface area (Å²) in [5.74, 6) is -0.598. The van der Waals surface area contributed by atoms with Gasteiger partial charge in [-0.25, -0.2) is 9.59 Å². The molecule has 0 aliphatic rings. The van der Waals surface area contributed by atoms with Crippen LogP contribution in [-0.2, 0) is 25.3 Å². The van der Waals surface area contributed by atoms with Crippen LogP contribution in [-0.4, -0.2) is 40.1 Å². The number of carbonyl (C=O) groups is 2. The van der Waals surface area contributed by atoms with E-state index in [4.69, 9.17) is 13.9 Å². The van der Waals surface area contributed by atoms with Gasteiger partial charge in [0.2, 0.25) is 0 Å². The summed E-state index contributed by atoms with van der Waals surface area (Å²) in [6.07, 6.45) is -0.713. The Hall–Kier alpha value is -3.42. The summed E-state index contributed by atoms with van der Waals surface area (Å²) in [4.78, 5) is 25.1. The largest absolute Gasteiger partial charge is 0.467 e. The molecule has 0 heterocycles. The molecule has 0 aliphatic heterocycles. The molecular weight excluding hydrogens is 458 g/mol. The van der Waals surface area contributed by atoms with Crippen molar-refractivity contribution in [3.8, 4) is 0 Å². The minimum absolute atomic E-state index is 0.0552. The molecule has 0 fully saturated rings. The maximum absolute atomic E-state index is 12.6. The van der Waals surface area contributed by atoms with E-state index >= 15 is 0 Å². The minimum atomic E-state index is -2.89. The third-order valence-corrected chi connectivity index (χ3v) is 10.9. The smallest absolute Gasteiger partial charge is 0.408 e. The molecule has 0 aliphatic carbocycles. The van der Waals surface area contributed by atoms with Crippen molar-refractivity contribution in [2.75, 3.05) is 13.7 Å². The average Bonchev–Trinajstić information content (AvgIpc) is 2.87. The zero-order chi connectivity index (χ0) is 25.3. The summed E-state index contributed by atoms with van der Waals surface area (Å²) in [5.41, 5.74) is 0.848. The van der Waals surface area contributed by atoms with Gasteiger partial charge in [0.05, 0.1) is 13.7 Å². The Morgan fingerprint density at radius 2 is 1.31 bits per heavy atom. The Morgan fingerprint density at radius 3 is 1.77 bits per heavy atom. The zero-order valence-corrected chi connectivity index (χ0v) is 21.7. The van der Waals surface area contributed by atoms with Crippen molar-refractivity contribution in [2.24, 2.45) is 0 Å². The van der Waals surface area contributed by atoms with Crippen molar-refractivity contribution in [2.45, 2.75) is 38.5 Å². The summed E-state index contributed by atoms with van der Waals surface area (Å²) >= 11 is 0. The molecule has 1 amide bonds. The van der Waals surface area contributed by atoms with Gasteiger partial charge in [-0.15, -0.1) is 0 Å². The molecule has 0 saturated heterocycles. The first-order chi connectivity index (χ1) is 16.8. The molecule has 1 atom stereocenters. The molecule has 0 unspecified atom stereocenters. The number of hydrogen-bond acceptors (Lipinski definition) is 5. The predicted molar refractivity (Wildman–Crippen MR) is 139 cm³/mol. The second-order valence-corrected chi connectivity index (χ2v) is 13.6. The van der Waals surface area contributed by atoms with Crippen molar-refractivity contribution < 1.29 is 23.5 Å². The van der Waals surface area contributed by atoms with Gasteiger partial charge in [0.25, 0.3) is 8.32 Å². The maximum Gasteiger partial charge on any atom is 0.408 e. The summed E-state index contributed by atoms with van der Waals surface area (Å²) in [5, 5.41) is 4.51. The minimum Gasteiger partial charge on any atom is -0.467 e. The number of alkyl carbamates (subject to hydrolysis) is 1. The van der Waals surface area contributed by atoms with Gasteiger partial charge < -0.3 is 19.2 Å². The number of nitrogens with one attached hydrogen (secondary N) is 1. The van der Waals surface area contributed by atoms with Crippen LogP contribution in [0, 0.1) is 0 Å². The molecule has 3 aromatic rings. The number of rotatable bonds is 9. The average molecular weight is 492 g/mol. The van der Waals surface area contributed by atoms with Gasteiger partial charge >= 0.3 is 12.1 Å². The van der Waals surface area contributed by atoms with Crippen LogP contribution < -0.4 is 15.7 Å². The maximum atomic E-state index is 12.6. The molecule has 7 heteroatoms. The highest BCUT2D eigenvalue weighted by Gasteiger charge is 2.50. The van der Waals surface area contributed by atoms with Gasteiger partial charge in [0, 0.05) is 0 Å². The lowest BCUT2D eigenvalue weighted by Crippen LogP contribution is -2.67. The molecule has 3 rings (SSSR count). The van der Waals surface area contributed by atoms with Crippen LogP contribution in [0.25, 0.3) is 0 Å². The fraction of sp³-hybridized carbons (Fsp3) is 0.286. The Balaban J connectivity index is 1.86. The summed E-state index contributed by atoms with van der Waals surface area (Å²) in [7, 11) is -1.61. The first-order valence-corrected chi connectivity index (χ1v) is 13.5. The lowest BCUT2D eigenvalue weighted by atomic mass is 10.2. The van der Waals surface area contributed by atoms with Gasteiger partial charge in [-0.05, 0) is 21.0 Å². The van der Waals surface area contributed by atoms with Gasteiger partial charge in [0.15, 0.2) is 6.04 Å². The fourth-order valence-electron chi connectivity index (χ4n) is 4.19. The van der Waals surface area contributed by atoms with Gasteiger partial charge in [0.1, 0.15) is 6.61 Å². The third kappa shape index (κ3) is 6.38. The van der Waals surface area contributed by atoms with Crippen LogP contribution in [0.1, 0.15) is 26.3 Å². The molecule has 3 aromatic carbocycles. The molecule has 6 nitrogen and oxygen atoms in total. The van der Waals surface area contributed by atoms with E-state index in [2.05, 4.69) is 50.4 Å². The van der Waals surface area contributed by atoms with E-state index < -0.39 is 26.4 Å². The summed E-state index contributed by atoms with van der Waals surface area (Å²) in [6.45, 7) is 6.48. The molecule has 1 N–H and O–H groups in total. The number of ether oxygens (including phenoxy) is 2. The van der Waals surface area contributed by atoms with Crippen molar-refractivity contribution in [1.82, 2.24) is 5.32 Å². The topological polar surface area (TPSA) is 73.9 Å². The van der Waals surface area contributed by atoms with Crippen molar-refractivity contribution >= 4 is 30.8 Å². The van der Waals surface area contributed by atoms with Gasteiger partial charge in [-0.2, -0.15) is 0 Å². The van der Waals surface area contributed by atoms with E-state index in [1.807, 2.05) is 66.7 Å². The quantitative estimate of drug-likeness (QED) is 0.361. The van der Waals surface area contributed by atoms with Crippen LogP contribution in [0.15, 0.2) is 91.0 Å². The number of amides is 1. The number of hydrogen-bond donors (Lipinski definition) is 1. The lowest BCUT2D eigenvalue weighted by Gasteiger charge is -2.43. The Bertz CT molecular complexity index is 1050. The highest BCUT2D eigenvalue weighted by Crippen LogP contribution is 2.36. The molecule has 184 valence electrons.